The first-order valence-electron chi connectivity index (χ1n) is 3.80. The van der Waals surface area contributed by atoms with Gasteiger partial charge in [-0.15, -0.1) is 4.99 Å². The average Bonchev–Trinajstić information content (AvgIpc) is 2.19. The largest absolute Gasteiger partial charge is 0.261 e. The van der Waals surface area contributed by atoms with E-state index in [1.807, 2.05) is 18.2 Å². The molecule has 0 amide bonds. The van der Waals surface area contributed by atoms with E-state index >= 15 is 0 Å². The highest BCUT2D eigenvalue weighted by molar-refractivity contribution is 9.10. The van der Waals surface area contributed by atoms with Crippen molar-refractivity contribution >= 4 is 38.9 Å². The lowest BCUT2D eigenvalue weighted by Gasteiger charge is -1.96. The molecule has 0 spiro atoms. The highest BCUT2D eigenvalue weighted by Crippen LogP contribution is 2.18. The van der Waals surface area contributed by atoms with Crippen molar-refractivity contribution in [2.75, 3.05) is 0 Å². The molecule has 1 heterocycles. The van der Waals surface area contributed by atoms with Crippen molar-refractivity contribution in [3.63, 3.8) is 0 Å². The van der Waals surface area contributed by atoms with E-state index in [0.717, 1.165) is 15.4 Å². The predicted octanol–water partition coefficient (Wildman–Crippen LogP) is 2.36. The molecular formula is C9H4BrN3O. The summed E-state index contributed by atoms with van der Waals surface area (Å²) in [5.41, 5.74) is 0.747. The highest BCUT2D eigenvalue weighted by atomic mass is 79.9. The molecule has 0 aliphatic rings. The van der Waals surface area contributed by atoms with Gasteiger partial charge in [-0.2, -0.15) is 0 Å². The minimum Gasteiger partial charge on any atom is -0.218 e. The predicted molar refractivity (Wildman–Crippen MR) is 55.0 cm³/mol. The molecule has 14 heavy (non-hydrogen) atoms. The SMILES string of the molecule is O=C=Nc1ncc2cc(Br)ccc2n1. The van der Waals surface area contributed by atoms with Crippen molar-refractivity contribution in [3.8, 4) is 0 Å². The number of carbonyl (C=O) groups excluding carboxylic acids is 1. The Bertz CT molecular complexity index is 535. The summed E-state index contributed by atoms with van der Waals surface area (Å²) in [4.78, 5) is 21.2. The van der Waals surface area contributed by atoms with Crippen LogP contribution >= 0.6 is 15.9 Å². The zero-order chi connectivity index (χ0) is 9.97. The Hall–Kier alpha value is -1.58. The Labute approximate surface area is 87.8 Å². The first-order valence-corrected chi connectivity index (χ1v) is 4.59. The van der Waals surface area contributed by atoms with Gasteiger partial charge in [-0.05, 0) is 18.2 Å². The van der Waals surface area contributed by atoms with Gasteiger partial charge in [-0.3, -0.25) is 0 Å². The number of isocyanates is 1. The second kappa shape index (κ2) is 3.65. The van der Waals surface area contributed by atoms with E-state index in [1.165, 1.54) is 6.08 Å². The van der Waals surface area contributed by atoms with Gasteiger partial charge in [0.05, 0.1) is 5.52 Å². The van der Waals surface area contributed by atoms with Crippen LogP contribution in [-0.2, 0) is 4.79 Å². The summed E-state index contributed by atoms with van der Waals surface area (Å²) in [6.07, 6.45) is 3.02. The monoisotopic (exact) mass is 249 g/mol. The smallest absolute Gasteiger partial charge is 0.218 e. The first kappa shape index (κ1) is 8.99. The van der Waals surface area contributed by atoms with E-state index in [0.29, 0.717) is 0 Å². The Morgan fingerprint density at radius 2 is 2.29 bits per heavy atom. The van der Waals surface area contributed by atoms with E-state index < -0.39 is 0 Å². The molecule has 2 aromatic rings. The van der Waals surface area contributed by atoms with Gasteiger partial charge in [-0.25, -0.2) is 14.8 Å². The van der Waals surface area contributed by atoms with Crippen molar-refractivity contribution in [3.05, 3.63) is 28.9 Å². The van der Waals surface area contributed by atoms with Gasteiger partial charge in [0.2, 0.25) is 6.08 Å². The van der Waals surface area contributed by atoms with Crippen LogP contribution < -0.4 is 0 Å². The molecule has 0 radical (unpaired) electrons. The van der Waals surface area contributed by atoms with Crippen LogP contribution in [0.5, 0.6) is 0 Å². The lowest BCUT2D eigenvalue weighted by Crippen LogP contribution is -1.82. The second-order valence-corrected chi connectivity index (χ2v) is 3.49. The molecule has 0 saturated heterocycles. The molecule has 0 atom stereocenters. The number of halogens is 1. The Kier molecular flexibility index (Phi) is 2.35. The van der Waals surface area contributed by atoms with Crippen molar-refractivity contribution < 1.29 is 4.79 Å². The van der Waals surface area contributed by atoms with Crippen LogP contribution in [0.25, 0.3) is 10.9 Å². The van der Waals surface area contributed by atoms with Crippen molar-refractivity contribution in [2.24, 2.45) is 4.99 Å². The Morgan fingerprint density at radius 1 is 1.43 bits per heavy atom. The lowest BCUT2D eigenvalue weighted by atomic mass is 10.2. The fourth-order valence-corrected chi connectivity index (χ4v) is 1.47. The molecule has 0 saturated carbocycles. The van der Waals surface area contributed by atoms with E-state index in [-0.39, 0.29) is 5.95 Å². The fraction of sp³-hybridized carbons (Fsp3) is 0. The molecule has 1 aromatic carbocycles. The van der Waals surface area contributed by atoms with Gasteiger partial charge >= 0.3 is 0 Å². The molecule has 4 nitrogen and oxygen atoms in total. The zero-order valence-corrected chi connectivity index (χ0v) is 8.52. The fourth-order valence-electron chi connectivity index (χ4n) is 1.09. The molecule has 0 bridgehead atoms. The van der Waals surface area contributed by atoms with Crippen LogP contribution in [0.3, 0.4) is 0 Å². The summed E-state index contributed by atoms with van der Waals surface area (Å²) >= 11 is 3.34. The maximum Gasteiger partial charge on any atom is 0.261 e. The first-order chi connectivity index (χ1) is 6.79. The lowest BCUT2D eigenvalue weighted by molar-refractivity contribution is 0.565. The molecule has 0 N–H and O–H groups in total. The third kappa shape index (κ3) is 1.69. The number of hydrogen-bond donors (Lipinski definition) is 0. The van der Waals surface area contributed by atoms with E-state index in [9.17, 15) is 4.79 Å². The van der Waals surface area contributed by atoms with Crippen molar-refractivity contribution in [1.82, 2.24) is 9.97 Å². The standard InChI is InChI=1S/C9H4BrN3O/c10-7-1-2-8-6(3-7)4-11-9(13-8)12-5-14/h1-4H. The molecule has 5 heteroatoms. The summed E-state index contributed by atoms with van der Waals surface area (Å²) in [6.45, 7) is 0. The summed E-state index contributed by atoms with van der Waals surface area (Å²) < 4.78 is 0.959. The number of benzene rings is 1. The van der Waals surface area contributed by atoms with E-state index in [1.54, 1.807) is 6.20 Å². The second-order valence-electron chi connectivity index (χ2n) is 2.58. The van der Waals surface area contributed by atoms with Gasteiger partial charge < -0.3 is 0 Å². The normalized spacial score (nSPS) is 9.79. The van der Waals surface area contributed by atoms with Gasteiger partial charge in [0.1, 0.15) is 0 Å². The summed E-state index contributed by atoms with van der Waals surface area (Å²) in [5, 5.41) is 0.893. The molecule has 2 rings (SSSR count). The summed E-state index contributed by atoms with van der Waals surface area (Å²) in [6, 6.07) is 5.58. The Morgan fingerprint density at radius 3 is 3.07 bits per heavy atom. The third-order valence-corrected chi connectivity index (χ3v) is 2.17. The highest BCUT2D eigenvalue weighted by Gasteiger charge is 1.98. The number of nitrogens with zero attached hydrogens (tertiary/aromatic N) is 3. The van der Waals surface area contributed by atoms with Crippen molar-refractivity contribution in [2.45, 2.75) is 0 Å². The van der Waals surface area contributed by atoms with Crippen LogP contribution in [0.2, 0.25) is 0 Å². The van der Waals surface area contributed by atoms with Gasteiger partial charge in [0.25, 0.3) is 5.95 Å². The molecule has 1 aromatic heterocycles. The minimum absolute atomic E-state index is 0.134. The van der Waals surface area contributed by atoms with Gasteiger partial charge in [-0.1, -0.05) is 15.9 Å². The quantitative estimate of drug-likeness (QED) is 0.576. The van der Waals surface area contributed by atoms with Crippen LogP contribution in [-0.4, -0.2) is 16.0 Å². The maximum absolute atomic E-state index is 9.99. The van der Waals surface area contributed by atoms with E-state index in [4.69, 9.17) is 0 Å². The number of hydrogen-bond acceptors (Lipinski definition) is 4. The zero-order valence-electron chi connectivity index (χ0n) is 6.94. The van der Waals surface area contributed by atoms with Gasteiger partial charge in [0.15, 0.2) is 0 Å². The van der Waals surface area contributed by atoms with Crippen LogP contribution in [0.1, 0.15) is 0 Å². The topological polar surface area (TPSA) is 55.2 Å². The molecule has 0 fully saturated rings. The maximum atomic E-state index is 9.99. The van der Waals surface area contributed by atoms with Crippen LogP contribution in [0, 0.1) is 0 Å². The molecule has 0 aliphatic carbocycles. The number of aromatic nitrogens is 2. The average molecular weight is 250 g/mol. The van der Waals surface area contributed by atoms with E-state index in [2.05, 4.69) is 30.9 Å². The minimum atomic E-state index is 0.134. The number of rotatable bonds is 1. The van der Waals surface area contributed by atoms with Crippen LogP contribution in [0.4, 0.5) is 5.95 Å². The molecular weight excluding hydrogens is 246 g/mol. The van der Waals surface area contributed by atoms with Crippen molar-refractivity contribution in [1.29, 1.82) is 0 Å². The van der Waals surface area contributed by atoms with Crippen LogP contribution in [0.15, 0.2) is 33.9 Å². The molecule has 0 unspecified atom stereocenters. The van der Waals surface area contributed by atoms with Gasteiger partial charge in [0, 0.05) is 16.1 Å². The molecule has 68 valence electrons. The number of aliphatic imine (C=N–C) groups is 1. The third-order valence-electron chi connectivity index (χ3n) is 1.67. The Balaban J connectivity index is 2.67. The summed E-state index contributed by atoms with van der Waals surface area (Å²) in [7, 11) is 0. The number of fused-ring (bicyclic) bond motifs is 1. The molecule has 0 aliphatic heterocycles. The summed E-state index contributed by atoms with van der Waals surface area (Å²) in [5.74, 6) is 0.134.